The maximum atomic E-state index is 11.4. The number of hydrogen-bond acceptors (Lipinski definition) is 4. The van der Waals surface area contributed by atoms with Gasteiger partial charge in [-0.25, -0.2) is 0 Å². The van der Waals surface area contributed by atoms with Crippen LogP contribution in [0.5, 0.6) is 5.75 Å². The molecular formula is C24H26N4O3. The monoisotopic (exact) mass is 418 g/mol. The molecule has 2 aliphatic rings. The Balaban J connectivity index is 0.000000158. The van der Waals surface area contributed by atoms with Crippen molar-refractivity contribution in [2.45, 2.75) is 31.6 Å². The Bertz CT molecular complexity index is 1080. The van der Waals surface area contributed by atoms with Gasteiger partial charge in [0.15, 0.2) is 5.69 Å². The third-order valence-corrected chi connectivity index (χ3v) is 5.82. The SMILES string of the molecule is CN1C(=O)CCOc2ccccc21.NC(=O)c1n[nH]c2c1CC(c1ccccc1)CC2. The highest BCUT2D eigenvalue weighted by atomic mass is 16.5. The number of benzene rings is 2. The molecule has 1 unspecified atom stereocenters. The summed E-state index contributed by atoms with van der Waals surface area (Å²) in [6, 6.07) is 18.0. The van der Waals surface area contributed by atoms with Crippen LogP contribution in [0.3, 0.4) is 0 Å². The average molecular weight is 418 g/mol. The van der Waals surface area contributed by atoms with Crippen molar-refractivity contribution in [3.05, 3.63) is 77.1 Å². The number of rotatable bonds is 2. The number of carbonyl (C=O) groups excluding carboxylic acids is 2. The number of carbonyl (C=O) groups is 2. The van der Waals surface area contributed by atoms with E-state index in [1.54, 1.807) is 11.9 Å². The lowest BCUT2D eigenvalue weighted by molar-refractivity contribution is -0.118. The van der Waals surface area contributed by atoms with E-state index in [0.29, 0.717) is 24.6 Å². The van der Waals surface area contributed by atoms with Crippen molar-refractivity contribution < 1.29 is 14.3 Å². The predicted octanol–water partition coefficient (Wildman–Crippen LogP) is 3.21. The van der Waals surface area contributed by atoms with Crippen molar-refractivity contribution in [1.29, 1.82) is 0 Å². The van der Waals surface area contributed by atoms with Gasteiger partial charge < -0.3 is 15.4 Å². The fourth-order valence-electron chi connectivity index (χ4n) is 4.12. The normalized spacial score (nSPS) is 17.4. The highest BCUT2D eigenvalue weighted by molar-refractivity contribution is 5.95. The van der Waals surface area contributed by atoms with Crippen molar-refractivity contribution in [2.24, 2.45) is 5.73 Å². The first-order valence-corrected chi connectivity index (χ1v) is 10.4. The number of para-hydroxylation sites is 2. The number of aromatic nitrogens is 2. The van der Waals surface area contributed by atoms with Gasteiger partial charge in [0.2, 0.25) is 5.91 Å². The third-order valence-electron chi connectivity index (χ3n) is 5.82. The fraction of sp³-hybridized carbons (Fsp3) is 0.292. The summed E-state index contributed by atoms with van der Waals surface area (Å²) >= 11 is 0. The minimum atomic E-state index is -0.443. The second kappa shape index (κ2) is 9.04. The van der Waals surface area contributed by atoms with Gasteiger partial charge >= 0.3 is 0 Å². The smallest absolute Gasteiger partial charge is 0.269 e. The van der Waals surface area contributed by atoms with Gasteiger partial charge in [0.25, 0.3) is 5.91 Å². The van der Waals surface area contributed by atoms with Gasteiger partial charge in [0, 0.05) is 18.3 Å². The summed E-state index contributed by atoms with van der Waals surface area (Å²) in [5.74, 6) is 0.899. The quantitative estimate of drug-likeness (QED) is 0.667. The fourth-order valence-corrected chi connectivity index (χ4v) is 4.12. The molecule has 1 aliphatic carbocycles. The zero-order chi connectivity index (χ0) is 21.8. The number of nitrogens with one attached hydrogen (secondary N) is 1. The summed E-state index contributed by atoms with van der Waals surface area (Å²) < 4.78 is 5.43. The summed E-state index contributed by atoms with van der Waals surface area (Å²) in [6.07, 6.45) is 3.30. The topological polar surface area (TPSA) is 101 Å². The molecule has 160 valence electrons. The summed E-state index contributed by atoms with van der Waals surface area (Å²) in [5.41, 5.74) is 9.99. The number of ether oxygens (including phenoxy) is 1. The molecule has 0 fully saturated rings. The molecule has 0 bridgehead atoms. The average Bonchev–Trinajstić information content (AvgIpc) is 3.17. The second-order valence-electron chi connectivity index (χ2n) is 7.76. The molecule has 31 heavy (non-hydrogen) atoms. The minimum absolute atomic E-state index is 0.102. The molecule has 0 spiro atoms. The van der Waals surface area contributed by atoms with Crippen LogP contribution in [0.1, 0.15) is 46.1 Å². The molecule has 2 aromatic carbocycles. The van der Waals surface area contributed by atoms with E-state index in [9.17, 15) is 9.59 Å². The van der Waals surface area contributed by atoms with Gasteiger partial charge in [-0.15, -0.1) is 0 Å². The number of amides is 2. The zero-order valence-electron chi connectivity index (χ0n) is 17.5. The first-order chi connectivity index (χ1) is 15.0. The van der Waals surface area contributed by atoms with Gasteiger partial charge in [0.1, 0.15) is 5.75 Å². The molecule has 1 aromatic heterocycles. The van der Waals surface area contributed by atoms with Gasteiger partial charge in [0.05, 0.1) is 18.7 Å². The molecule has 5 rings (SSSR count). The number of aryl methyl sites for hydroxylation is 1. The minimum Gasteiger partial charge on any atom is -0.491 e. The largest absolute Gasteiger partial charge is 0.491 e. The van der Waals surface area contributed by atoms with Crippen LogP contribution in [0.4, 0.5) is 5.69 Å². The van der Waals surface area contributed by atoms with Crippen LogP contribution in [0.2, 0.25) is 0 Å². The molecule has 1 aliphatic heterocycles. The Morgan fingerprint density at radius 1 is 1.13 bits per heavy atom. The molecule has 0 saturated heterocycles. The van der Waals surface area contributed by atoms with Crippen LogP contribution in [0.25, 0.3) is 0 Å². The summed E-state index contributed by atoms with van der Waals surface area (Å²) in [5, 5.41) is 6.95. The van der Waals surface area contributed by atoms with Crippen molar-refractivity contribution in [3.63, 3.8) is 0 Å². The van der Waals surface area contributed by atoms with E-state index in [0.717, 1.165) is 42.0 Å². The number of H-pyrrole nitrogens is 1. The van der Waals surface area contributed by atoms with Crippen LogP contribution in [0.15, 0.2) is 54.6 Å². The molecule has 0 radical (unpaired) electrons. The highest BCUT2D eigenvalue weighted by Crippen LogP contribution is 2.33. The van der Waals surface area contributed by atoms with Gasteiger partial charge in [-0.1, -0.05) is 42.5 Å². The number of anilines is 1. The molecule has 7 nitrogen and oxygen atoms in total. The third kappa shape index (κ3) is 4.45. The molecule has 7 heteroatoms. The number of hydrogen-bond donors (Lipinski definition) is 2. The number of fused-ring (bicyclic) bond motifs is 2. The van der Waals surface area contributed by atoms with E-state index in [1.165, 1.54) is 5.56 Å². The Kier molecular flexibility index (Phi) is 6.02. The van der Waals surface area contributed by atoms with Crippen LogP contribution in [0, 0.1) is 0 Å². The maximum Gasteiger partial charge on any atom is 0.269 e. The van der Waals surface area contributed by atoms with Crippen molar-refractivity contribution in [3.8, 4) is 5.75 Å². The summed E-state index contributed by atoms with van der Waals surface area (Å²) in [6.45, 7) is 0.472. The molecule has 2 heterocycles. The Morgan fingerprint density at radius 2 is 1.87 bits per heavy atom. The van der Waals surface area contributed by atoms with E-state index < -0.39 is 5.91 Å². The Hall–Kier alpha value is -3.61. The maximum absolute atomic E-state index is 11.4. The van der Waals surface area contributed by atoms with Crippen LogP contribution < -0.4 is 15.4 Å². The van der Waals surface area contributed by atoms with Crippen molar-refractivity contribution >= 4 is 17.5 Å². The number of primary amides is 1. The van der Waals surface area contributed by atoms with Gasteiger partial charge in [-0.3, -0.25) is 14.7 Å². The molecular weight excluding hydrogens is 392 g/mol. The van der Waals surface area contributed by atoms with E-state index in [1.807, 2.05) is 30.3 Å². The van der Waals surface area contributed by atoms with Crippen LogP contribution in [-0.2, 0) is 17.6 Å². The Morgan fingerprint density at radius 3 is 2.65 bits per heavy atom. The molecule has 1 atom stereocenters. The van der Waals surface area contributed by atoms with Gasteiger partial charge in [-0.05, 0) is 42.9 Å². The van der Waals surface area contributed by atoms with E-state index in [4.69, 9.17) is 10.5 Å². The number of nitrogens with two attached hydrogens (primary N) is 1. The first kappa shape index (κ1) is 20.7. The van der Waals surface area contributed by atoms with E-state index in [2.05, 4.69) is 34.5 Å². The molecule has 0 saturated carbocycles. The van der Waals surface area contributed by atoms with Crippen LogP contribution in [-0.4, -0.2) is 35.7 Å². The zero-order valence-corrected chi connectivity index (χ0v) is 17.5. The lowest BCUT2D eigenvalue weighted by atomic mass is 9.82. The number of aromatic amines is 1. The molecule has 3 aromatic rings. The number of nitrogens with zero attached hydrogens (tertiary/aromatic N) is 2. The Labute approximate surface area is 181 Å². The predicted molar refractivity (Wildman–Crippen MR) is 118 cm³/mol. The van der Waals surface area contributed by atoms with Crippen LogP contribution >= 0.6 is 0 Å². The van der Waals surface area contributed by atoms with E-state index >= 15 is 0 Å². The van der Waals surface area contributed by atoms with E-state index in [-0.39, 0.29) is 5.91 Å². The lowest BCUT2D eigenvalue weighted by Crippen LogP contribution is -2.24. The lowest BCUT2D eigenvalue weighted by Gasteiger charge is -2.22. The second-order valence-corrected chi connectivity index (χ2v) is 7.76. The molecule has 3 N–H and O–H groups in total. The van der Waals surface area contributed by atoms with Crippen molar-refractivity contribution in [2.75, 3.05) is 18.6 Å². The van der Waals surface area contributed by atoms with Gasteiger partial charge in [-0.2, -0.15) is 5.10 Å². The highest BCUT2D eigenvalue weighted by Gasteiger charge is 2.26. The summed E-state index contributed by atoms with van der Waals surface area (Å²) in [7, 11) is 1.77. The standard InChI is InChI=1S/C14H15N3O.C10H11NO2/c15-14(18)13-11-8-10(6-7-12(11)16-17-13)9-4-2-1-3-5-9;1-11-8-4-2-3-5-9(8)13-7-6-10(11)12/h1-5,10H,6-8H2,(H2,15,18)(H,16,17);2-5H,6-7H2,1H3. The first-order valence-electron chi connectivity index (χ1n) is 10.4. The summed E-state index contributed by atoms with van der Waals surface area (Å²) in [4.78, 5) is 24.4. The van der Waals surface area contributed by atoms with Crippen molar-refractivity contribution in [1.82, 2.24) is 10.2 Å². The molecule has 2 amide bonds.